The van der Waals surface area contributed by atoms with E-state index in [0.717, 1.165) is 29.7 Å². The van der Waals surface area contributed by atoms with Crippen LogP contribution in [-0.2, 0) is 22.5 Å². The summed E-state index contributed by atoms with van der Waals surface area (Å²) in [4.78, 5) is 32.9. The first kappa shape index (κ1) is 22.9. The molecule has 1 N–H and O–H groups in total. The van der Waals surface area contributed by atoms with Crippen molar-refractivity contribution in [3.63, 3.8) is 0 Å². The van der Waals surface area contributed by atoms with E-state index in [-0.39, 0.29) is 17.6 Å². The number of amides is 1. The zero-order valence-corrected chi connectivity index (χ0v) is 19.9. The van der Waals surface area contributed by atoms with Crippen LogP contribution >= 0.6 is 23.1 Å². The highest BCUT2D eigenvalue weighted by Gasteiger charge is 2.25. The number of halogens is 1. The summed E-state index contributed by atoms with van der Waals surface area (Å²) in [5.41, 5.74) is 1.35. The molecule has 4 rings (SSSR count). The molecule has 0 bridgehead atoms. The first-order valence-electron chi connectivity index (χ1n) is 10.7. The molecule has 0 saturated carbocycles. The second kappa shape index (κ2) is 9.72. The molecule has 32 heavy (non-hydrogen) atoms. The number of nitrogens with one attached hydrogen (secondary N) is 1. The van der Waals surface area contributed by atoms with Crippen molar-refractivity contribution in [1.29, 1.82) is 0 Å². The van der Waals surface area contributed by atoms with Gasteiger partial charge in [0.05, 0.1) is 23.3 Å². The van der Waals surface area contributed by atoms with Gasteiger partial charge in [-0.2, -0.15) is 0 Å². The maximum atomic E-state index is 13.5. The molecule has 3 aromatic rings. The monoisotopic (exact) mass is 475 g/mol. The minimum atomic E-state index is -0.537. The van der Waals surface area contributed by atoms with Gasteiger partial charge in [0.25, 0.3) is 5.56 Å². The Hall–Kier alpha value is -2.23. The minimum absolute atomic E-state index is 0.0347. The molecule has 2 aromatic heterocycles. The second-order valence-corrected chi connectivity index (χ2v) is 10.4. The quantitative estimate of drug-likeness (QED) is 0.394. The normalized spacial score (nSPS) is 17.1. The van der Waals surface area contributed by atoms with Crippen molar-refractivity contribution < 1.29 is 13.9 Å². The van der Waals surface area contributed by atoms with Crippen LogP contribution in [0.3, 0.4) is 0 Å². The van der Waals surface area contributed by atoms with Crippen molar-refractivity contribution >= 4 is 44.9 Å². The van der Waals surface area contributed by atoms with Gasteiger partial charge in [0.1, 0.15) is 10.6 Å². The number of carbonyl (C=O) groups is 1. The van der Waals surface area contributed by atoms with Crippen LogP contribution in [-0.4, -0.2) is 33.4 Å². The highest BCUT2D eigenvalue weighted by molar-refractivity contribution is 8.00. The zero-order valence-electron chi connectivity index (χ0n) is 18.3. The summed E-state index contributed by atoms with van der Waals surface area (Å²) in [5.74, 6) is -0.698. The topological polar surface area (TPSA) is 73.2 Å². The molecule has 1 fully saturated rings. The SMILES string of the molecule is CCc1c(C)sc2nc(SC(C)C(=O)Nc3cccc(F)c3)n(CC3CCCO3)c(=O)c12. The molecular formula is C23H26FN3O3S2. The number of hydrogen-bond acceptors (Lipinski definition) is 6. The number of nitrogens with zero attached hydrogens (tertiary/aromatic N) is 2. The highest BCUT2D eigenvalue weighted by Crippen LogP contribution is 2.31. The number of anilines is 1. The summed E-state index contributed by atoms with van der Waals surface area (Å²) in [7, 11) is 0. The van der Waals surface area contributed by atoms with Gasteiger partial charge in [0.2, 0.25) is 5.91 Å². The molecule has 6 nitrogen and oxygen atoms in total. The summed E-state index contributed by atoms with van der Waals surface area (Å²) >= 11 is 2.75. The third-order valence-electron chi connectivity index (χ3n) is 5.58. The van der Waals surface area contributed by atoms with Gasteiger partial charge in [-0.1, -0.05) is 24.8 Å². The van der Waals surface area contributed by atoms with Crippen LogP contribution in [0.2, 0.25) is 0 Å². The lowest BCUT2D eigenvalue weighted by Gasteiger charge is -2.18. The summed E-state index contributed by atoms with van der Waals surface area (Å²) in [6.45, 7) is 6.92. The van der Waals surface area contributed by atoms with E-state index in [4.69, 9.17) is 9.72 Å². The largest absolute Gasteiger partial charge is 0.376 e. The summed E-state index contributed by atoms with van der Waals surface area (Å²) in [6, 6.07) is 5.77. The number of thioether (sulfide) groups is 1. The second-order valence-electron chi connectivity index (χ2n) is 7.88. The standard InChI is InChI=1S/C23H26FN3O3S2/c1-4-18-13(2)31-21-19(18)22(29)27(12-17-9-6-10-30-17)23(26-21)32-14(3)20(28)25-16-8-5-7-15(24)11-16/h5,7-8,11,14,17H,4,6,9-10,12H2,1-3H3,(H,25,28). The van der Waals surface area contributed by atoms with Gasteiger partial charge in [-0.05, 0) is 56.9 Å². The van der Waals surface area contributed by atoms with E-state index in [1.165, 1.54) is 35.2 Å². The lowest BCUT2D eigenvalue weighted by atomic mass is 10.1. The van der Waals surface area contributed by atoms with Crippen LogP contribution in [0.25, 0.3) is 10.2 Å². The van der Waals surface area contributed by atoms with Gasteiger partial charge in [-0.25, -0.2) is 9.37 Å². The van der Waals surface area contributed by atoms with E-state index in [0.29, 0.717) is 34.2 Å². The maximum absolute atomic E-state index is 13.5. The lowest BCUT2D eigenvalue weighted by molar-refractivity contribution is -0.115. The minimum Gasteiger partial charge on any atom is -0.376 e. The predicted molar refractivity (Wildman–Crippen MR) is 127 cm³/mol. The number of thiophene rings is 1. The molecule has 1 saturated heterocycles. The zero-order chi connectivity index (χ0) is 22.8. The fraction of sp³-hybridized carbons (Fsp3) is 0.435. The van der Waals surface area contributed by atoms with E-state index >= 15 is 0 Å². The van der Waals surface area contributed by atoms with Gasteiger partial charge in [0, 0.05) is 17.2 Å². The number of rotatable bonds is 7. The number of aromatic nitrogens is 2. The van der Waals surface area contributed by atoms with Crippen LogP contribution in [0, 0.1) is 12.7 Å². The van der Waals surface area contributed by atoms with Crippen molar-refractivity contribution in [3.05, 3.63) is 50.9 Å². The molecule has 1 aliphatic heterocycles. The molecule has 0 spiro atoms. The third-order valence-corrected chi connectivity index (χ3v) is 7.72. The maximum Gasteiger partial charge on any atom is 0.263 e. The first-order valence-corrected chi connectivity index (χ1v) is 12.4. The highest BCUT2D eigenvalue weighted by atomic mass is 32.2. The van der Waals surface area contributed by atoms with Crippen molar-refractivity contribution in [1.82, 2.24) is 9.55 Å². The van der Waals surface area contributed by atoms with Crippen LogP contribution in [0.1, 0.15) is 37.1 Å². The number of ether oxygens (including phenoxy) is 1. The summed E-state index contributed by atoms with van der Waals surface area (Å²) < 4.78 is 20.9. The average Bonchev–Trinajstić information content (AvgIpc) is 3.37. The first-order chi connectivity index (χ1) is 15.4. The molecule has 1 amide bonds. The number of aryl methyl sites for hydroxylation is 2. The number of benzene rings is 1. The Morgan fingerprint density at radius 3 is 2.97 bits per heavy atom. The van der Waals surface area contributed by atoms with Gasteiger partial charge in [-0.3, -0.25) is 14.2 Å². The number of fused-ring (bicyclic) bond motifs is 1. The van der Waals surface area contributed by atoms with Crippen LogP contribution in [0.15, 0.2) is 34.2 Å². The Morgan fingerprint density at radius 2 is 2.28 bits per heavy atom. The molecule has 0 radical (unpaired) electrons. The van der Waals surface area contributed by atoms with E-state index in [1.54, 1.807) is 23.6 Å². The molecule has 2 atom stereocenters. The predicted octanol–water partition coefficient (Wildman–Crippen LogP) is 4.77. The molecule has 2 unspecified atom stereocenters. The van der Waals surface area contributed by atoms with Crippen molar-refractivity contribution in [2.45, 2.75) is 63.1 Å². The molecule has 3 heterocycles. The molecular weight excluding hydrogens is 449 g/mol. The lowest BCUT2D eigenvalue weighted by Crippen LogP contribution is -2.30. The fourth-order valence-corrected chi connectivity index (χ4v) is 5.99. The van der Waals surface area contributed by atoms with Crippen LogP contribution in [0.5, 0.6) is 0 Å². The smallest absolute Gasteiger partial charge is 0.263 e. The Labute approximate surface area is 194 Å². The van der Waals surface area contributed by atoms with Gasteiger partial charge in [-0.15, -0.1) is 11.3 Å². The third kappa shape index (κ3) is 4.74. The molecule has 0 aliphatic carbocycles. The number of carbonyl (C=O) groups excluding carboxylic acids is 1. The Bertz CT molecular complexity index is 1200. The van der Waals surface area contributed by atoms with Crippen molar-refractivity contribution in [2.24, 2.45) is 0 Å². The average molecular weight is 476 g/mol. The number of hydrogen-bond donors (Lipinski definition) is 1. The van der Waals surface area contributed by atoms with Crippen LogP contribution in [0.4, 0.5) is 10.1 Å². The fourth-order valence-electron chi connectivity index (χ4n) is 3.92. The van der Waals surface area contributed by atoms with E-state index in [9.17, 15) is 14.0 Å². The van der Waals surface area contributed by atoms with E-state index in [2.05, 4.69) is 5.32 Å². The van der Waals surface area contributed by atoms with E-state index < -0.39 is 11.1 Å². The van der Waals surface area contributed by atoms with Crippen molar-refractivity contribution in [3.8, 4) is 0 Å². The van der Waals surface area contributed by atoms with Crippen LogP contribution < -0.4 is 10.9 Å². The Balaban J connectivity index is 1.66. The summed E-state index contributed by atoms with van der Waals surface area (Å²) in [6.07, 6.45) is 2.60. The Morgan fingerprint density at radius 1 is 1.47 bits per heavy atom. The molecule has 9 heteroatoms. The molecule has 1 aromatic carbocycles. The molecule has 170 valence electrons. The Kier molecular flexibility index (Phi) is 6.97. The van der Waals surface area contributed by atoms with E-state index in [1.807, 2.05) is 13.8 Å². The van der Waals surface area contributed by atoms with Gasteiger partial charge < -0.3 is 10.1 Å². The van der Waals surface area contributed by atoms with Gasteiger partial charge in [0.15, 0.2) is 5.16 Å². The summed E-state index contributed by atoms with van der Waals surface area (Å²) in [5, 5.41) is 3.37. The van der Waals surface area contributed by atoms with Crippen molar-refractivity contribution in [2.75, 3.05) is 11.9 Å². The van der Waals surface area contributed by atoms with Gasteiger partial charge >= 0.3 is 0 Å². The molecule has 1 aliphatic rings.